The van der Waals surface area contributed by atoms with E-state index >= 15 is 0 Å². The highest BCUT2D eigenvalue weighted by molar-refractivity contribution is 5.98. The molecule has 0 saturated carbocycles. The molecule has 3 N–H and O–H groups in total. The van der Waals surface area contributed by atoms with Crippen molar-refractivity contribution in [2.75, 3.05) is 6.54 Å². The number of carbonyl (C=O) groups excluding carboxylic acids is 4. The smallest absolute Gasteiger partial charge is 0.249 e. The quantitative estimate of drug-likeness (QED) is 0.505. The summed E-state index contributed by atoms with van der Waals surface area (Å²) in [6.45, 7) is 4.22. The van der Waals surface area contributed by atoms with Crippen LogP contribution in [-0.4, -0.2) is 42.3 Å². The van der Waals surface area contributed by atoms with Gasteiger partial charge in [0.15, 0.2) is 0 Å². The second-order valence-corrected chi connectivity index (χ2v) is 7.31. The number of benzene rings is 1. The van der Waals surface area contributed by atoms with E-state index in [4.69, 9.17) is 4.74 Å². The zero-order valence-corrected chi connectivity index (χ0v) is 16.9. The van der Waals surface area contributed by atoms with Gasteiger partial charge in [-0.2, -0.15) is 0 Å². The van der Waals surface area contributed by atoms with Crippen molar-refractivity contribution in [2.24, 2.45) is 5.92 Å². The summed E-state index contributed by atoms with van der Waals surface area (Å²) in [5, 5.41) is 7.88. The first-order chi connectivity index (χ1) is 13.9. The molecule has 1 fully saturated rings. The minimum Gasteiger partial charge on any atom is -0.364 e. The molecule has 158 valence electrons. The minimum absolute atomic E-state index is 0.111. The van der Waals surface area contributed by atoms with Gasteiger partial charge in [-0.25, -0.2) is 0 Å². The molecule has 0 spiro atoms. The van der Waals surface area contributed by atoms with Crippen molar-refractivity contribution in [3.63, 3.8) is 0 Å². The highest BCUT2D eigenvalue weighted by Gasteiger charge is 2.27. The SMILES string of the molecule is CC[C@H](CNC(=O)CC1CC(=O)NC(=O)C1)NC(=O)[C@@H](C)OCc1ccccc1. The number of ether oxygens (including phenoxy) is 1. The molecule has 0 bridgehead atoms. The van der Waals surface area contributed by atoms with Gasteiger partial charge in [-0.15, -0.1) is 0 Å². The number of hydrogen-bond donors (Lipinski definition) is 3. The van der Waals surface area contributed by atoms with Crippen LogP contribution in [0.4, 0.5) is 0 Å². The molecule has 4 amide bonds. The van der Waals surface area contributed by atoms with Crippen LogP contribution in [0.3, 0.4) is 0 Å². The number of amides is 4. The second kappa shape index (κ2) is 11.3. The lowest BCUT2D eigenvalue weighted by Crippen LogP contribution is -2.47. The van der Waals surface area contributed by atoms with E-state index in [2.05, 4.69) is 16.0 Å². The standard InChI is InChI=1S/C21H29N3O5/c1-3-17(12-22-18(25)9-16-10-19(26)24-20(27)11-16)23-21(28)14(2)29-13-15-7-5-4-6-8-15/h4-8,14,16-17H,3,9-13H2,1-2H3,(H,22,25)(H,23,28)(H,24,26,27)/t14-,17-/m1/s1. The normalized spacial score (nSPS) is 16.6. The Morgan fingerprint density at radius 2 is 1.83 bits per heavy atom. The Balaban J connectivity index is 1.71. The lowest BCUT2D eigenvalue weighted by molar-refractivity contribution is -0.136. The van der Waals surface area contributed by atoms with Crippen LogP contribution in [0, 0.1) is 5.92 Å². The van der Waals surface area contributed by atoms with E-state index in [-0.39, 0.29) is 61.4 Å². The summed E-state index contributed by atoms with van der Waals surface area (Å²) in [5.74, 6) is -1.45. The maximum Gasteiger partial charge on any atom is 0.249 e. The third-order valence-corrected chi connectivity index (χ3v) is 4.80. The van der Waals surface area contributed by atoms with E-state index in [0.29, 0.717) is 13.0 Å². The molecule has 1 heterocycles. The Hall–Kier alpha value is -2.74. The van der Waals surface area contributed by atoms with Crippen LogP contribution < -0.4 is 16.0 Å². The molecule has 0 aliphatic carbocycles. The van der Waals surface area contributed by atoms with Gasteiger partial charge in [-0.1, -0.05) is 37.3 Å². The number of piperidine rings is 1. The zero-order chi connectivity index (χ0) is 21.2. The molecule has 2 rings (SSSR count). The van der Waals surface area contributed by atoms with Crippen molar-refractivity contribution in [1.82, 2.24) is 16.0 Å². The van der Waals surface area contributed by atoms with Crippen LogP contribution >= 0.6 is 0 Å². The van der Waals surface area contributed by atoms with Crippen LogP contribution in [0.5, 0.6) is 0 Å². The van der Waals surface area contributed by atoms with E-state index in [0.717, 1.165) is 5.56 Å². The van der Waals surface area contributed by atoms with Gasteiger partial charge in [0, 0.05) is 31.8 Å². The first-order valence-corrected chi connectivity index (χ1v) is 9.92. The molecule has 1 aromatic rings. The molecule has 8 nitrogen and oxygen atoms in total. The lowest BCUT2D eigenvalue weighted by Gasteiger charge is -2.22. The summed E-state index contributed by atoms with van der Waals surface area (Å²) in [6.07, 6.45) is 0.473. The van der Waals surface area contributed by atoms with E-state index in [1.54, 1.807) is 6.92 Å². The van der Waals surface area contributed by atoms with Gasteiger partial charge in [0.05, 0.1) is 6.61 Å². The van der Waals surface area contributed by atoms with Crippen molar-refractivity contribution in [3.05, 3.63) is 35.9 Å². The number of rotatable bonds is 10. The van der Waals surface area contributed by atoms with Gasteiger partial charge >= 0.3 is 0 Å². The van der Waals surface area contributed by atoms with Crippen molar-refractivity contribution in [1.29, 1.82) is 0 Å². The molecule has 1 saturated heterocycles. The summed E-state index contributed by atoms with van der Waals surface area (Å²) in [5.41, 5.74) is 0.987. The van der Waals surface area contributed by atoms with E-state index < -0.39 is 6.10 Å². The largest absolute Gasteiger partial charge is 0.364 e. The molecular weight excluding hydrogens is 374 g/mol. The maximum absolute atomic E-state index is 12.3. The van der Waals surface area contributed by atoms with Crippen LogP contribution in [-0.2, 0) is 30.5 Å². The van der Waals surface area contributed by atoms with Crippen molar-refractivity contribution in [2.45, 2.75) is 58.3 Å². The fraction of sp³-hybridized carbons (Fsp3) is 0.524. The van der Waals surface area contributed by atoms with Crippen LogP contribution in [0.2, 0.25) is 0 Å². The predicted molar refractivity (Wildman–Crippen MR) is 106 cm³/mol. The third kappa shape index (κ3) is 8.03. The summed E-state index contributed by atoms with van der Waals surface area (Å²) in [6, 6.07) is 9.37. The lowest BCUT2D eigenvalue weighted by atomic mass is 9.93. The molecule has 1 aliphatic rings. The average Bonchev–Trinajstić information content (AvgIpc) is 2.69. The molecule has 0 unspecified atom stereocenters. The zero-order valence-electron chi connectivity index (χ0n) is 16.9. The molecule has 8 heteroatoms. The fourth-order valence-electron chi connectivity index (χ4n) is 3.06. The van der Waals surface area contributed by atoms with Gasteiger partial charge in [-0.3, -0.25) is 24.5 Å². The summed E-state index contributed by atoms with van der Waals surface area (Å²) < 4.78 is 5.61. The number of carbonyl (C=O) groups is 4. The summed E-state index contributed by atoms with van der Waals surface area (Å²) in [4.78, 5) is 47.2. The van der Waals surface area contributed by atoms with Gasteiger partial charge in [-0.05, 0) is 24.8 Å². The molecule has 2 atom stereocenters. The Kier molecular flexibility index (Phi) is 8.79. The molecule has 0 radical (unpaired) electrons. The van der Waals surface area contributed by atoms with E-state index in [1.807, 2.05) is 37.3 Å². The highest BCUT2D eigenvalue weighted by Crippen LogP contribution is 2.17. The number of nitrogens with one attached hydrogen (secondary N) is 3. The topological polar surface area (TPSA) is 114 Å². The third-order valence-electron chi connectivity index (χ3n) is 4.80. The Morgan fingerprint density at radius 1 is 1.17 bits per heavy atom. The minimum atomic E-state index is -0.619. The van der Waals surface area contributed by atoms with E-state index in [9.17, 15) is 19.2 Å². The molecule has 29 heavy (non-hydrogen) atoms. The first kappa shape index (κ1) is 22.5. The Bertz CT molecular complexity index is 706. The first-order valence-electron chi connectivity index (χ1n) is 9.92. The van der Waals surface area contributed by atoms with Gasteiger partial charge in [0.25, 0.3) is 0 Å². The van der Waals surface area contributed by atoms with Gasteiger partial charge in [0.1, 0.15) is 6.10 Å². The van der Waals surface area contributed by atoms with Gasteiger partial charge < -0.3 is 15.4 Å². The molecule has 1 aliphatic heterocycles. The number of hydrogen-bond acceptors (Lipinski definition) is 5. The average molecular weight is 403 g/mol. The van der Waals surface area contributed by atoms with Crippen LogP contribution in [0.25, 0.3) is 0 Å². The van der Waals surface area contributed by atoms with E-state index in [1.165, 1.54) is 0 Å². The van der Waals surface area contributed by atoms with Crippen molar-refractivity contribution < 1.29 is 23.9 Å². The predicted octanol–water partition coefficient (Wildman–Crippen LogP) is 1.05. The van der Waals surface area contributed by atoms with Gasteiger partial charge in [0.2, 0.25) is 23.6 Å². The Labute approximate surface area is 170 Å². The monoisotopic (exact) mass is 403 g/mol. The molecule has 0 aromatic heterocycles. The van der Waals surface area contributed by atoms with Crippen LogP contribution in [0.15, 0.2) is 30.3 Å². The second-order valence-electron chi connectivity index (χ2n) is 7.31. The fourth-order valence-corrected chi connectivity index (χ4v) is 3.06. The summed E-state index contributed by atoms with van der Waals surface area (Å²) in [7, 11) is 0. The van der Waals surface area contributed by atoms with Crippen molar-refractivity contribution in [3.8, 4) is 0 Å². The van der Waals surface area contributed by atoms with Crippen molar-refractivity contribution >= 4 is 23.6 Å². The maximum atomic E-state index is 12.3. The Morgan fingerprint density at radius 3 is 2.45 bits per heavy atom. The number of imide groups is 1. The summed E-state index contributed by atoms with van der Waals surface area (Å²) >= 11 is 0. The highest BCUT2D eigenvalue weighted by atomic mass is 16.5. The molecule has 1 aromatic carbocycles. The molecular formula is C21H29N3O5. The van der Waals surface area contributed by atoms with Crippen LogP contribution in [0.1, 0.15) is 45.1 Å².